The minimum atomic E-state index is -0.916. The van der Waals surface area contributed by atoms with Gasteiger partial charge in [-0.05, 0) is 34.7 Å². The van der Waals surface area contributed by atoms with Crippen LogP contribution in [0.3, 0.4) is 0 Å². The maximum atomic E-state index is 12.7. The van der Waals surface area contributed by atoms with Gasteiger partial charge in [0.1, 0.15) is 22.6 Å². The molecule has 0 aliphatic rings. The molecule has 2 heterocycles. The highest BCUT2D eigenvalue weighted by Crippen LogP contribution is 2.27. The number of esters is 2. The van der Waals surface area contributed by atoms with Gasteiger partial charge in [-0.15, -0.1) is 10.2 Å². The van der Waals surface area contributed by atoms with Gasteiger partial charge in [0.05, 0.1) is 12.4 Å². The van der Waals surface area contributed by atoms with Crippen LogP contribution >= 0.6 is 0 Å². The van der Waals surface area contributed by atoms with E-state index in [2.05, 4.69) is 30.8 Å². The maximum absolute atomic E-state index is 12.7. The predicted octanol–water partition coefficient (Wildman–Crippen LogP) is 2.64. The molecule has 0 spiro atoms. The van der Waals surface area contributed by atoms with E-state index in [1.807, 2.05) is 0 Å². The summed E-state index contributed by atoms with van der Waals surface area (Å²) in [6.07, 6.45) is 2.77. The predicted molar refractivity (Wildman–Crippen MR) is 102 cm³/mol. The summed E-state index contributed by atoms with van der Waals surface area (Å²) in [5.74, 6) is -1.31. The number of carbonyl (C=O) groups is 2. The molecule has 152 valence electrons. The van der Waals surface area contributed by atoms with Crippen molar-refractivity contribution in [1.82, 2.24) is 30.8 Å². The van der Waals surface area contributed by atoms with E-state index in [1.54, 1.807) is 24.3 Å². The molecule has 11 nitrogen and oxygen atoms in total. The number of rotatable bonds is 6. The van der Waals surface area contributed by atoms with Crippen molar-refractivity contribution in [2.45, 2.75) is 0 Å². The number of benzene rings is 2. The van der Waals surface area contributed by atoms with E-state index in [0.717, 1.165) is 0 Å². The van der Waals surface area contributed by atoms with Crippen LogP contribution < -0.4 is 9.47 Å². The zero-order chi connectivity index (χ0) is 21.5. The van der Waals surface area contributed by atoms with Crippen molar-refractivity contribution in [1.29, 1.82) is 0 Å². The monoisotopic (exact) mass is 416 g/mol. The molecule has 0 radical (unpaired) electrons. The summed E-state index contributed by atoms with van der Waals surface area (Å²) in [6, 6.07) is 15.4. The Bertz CT molecular complexity index is 1110. The van der Waals surface area contributed by atoms with Crippen LogP contribution in [0.4, 0.5) is 0 Å². The third kappa shape index (κ3) is 4.79. The van der Waals surface area contributed by atoms with Gasteiger partial charge < -0.3 is 14.2 Å². The normalized spacial score (nSPS) is 10.2. The van der Waals surface area contributed by atoms with E-state index < -0.39 is 11.9 Å². The Morgan fingerprint density at radius 3 is 1.48 bits per heavy atom. The molecule has 31 heavy (non-hydrogen) atoms. The second kappa shape index (κ2) is 9.13. The average molecular weight is 416 g/mol. The fraction of sp³-hybridized carbons (Fsp3) is 0. The molecule has 0 N–H and O–H groups in total. The van der Waals surface area contributed by atoms with E-state index in [9.17, 15) is 9.59 Å². The summed E-state index contributed by atoms with van der Waals surface area (Å²) in [5.41, 5.74) is 0.0423. The fourth-order valence-corrected chi connectivity index (χ4v) is 2.44. The van der Waals surface area contributed by atoms with E-state index in [4.69, 9.17) is 14.2 Å². The second-order valence-corrected chi connectivity index (χ2v) is 5.79. The number of carbonyl (C=O) groups excluding carboxylic acids is 2. The Hall–Kier alpha value is -4.80. The van der Waals surface area contributed by atoms with Gasteiger partial charge in [0.15, 0.2) is 0 Å². The number of aromatic nitrogens is 6. The van der Waals surface area contributed by atoms with Gasteiger partial charge >= 0.3 is 11.9 Å². The molecule has 0 aliphatic carbocycles. The Morgan fingerprint density at radius 1 is 0.613 bits per heavy atom. The van der Waals surface area contributed by atoms with Crippen molar-refractivity contribution >= 4 is 11.9 Å². The van der Waals surface area contributed by atoms with Crippen LogP contribution in [0.1, 0.15) is 20.7 Å². The van der Waals surface area contributed by atoms with Crippen LogP contribution in [0, 0.1) is 0 Å². The molecule has 2 aromatic carbocycles. The topological polar surface area (TPSA) is 139 Å². The lowest BCUT2D eigenvalue weighted by atomic mass is 10.2. The first kappa shape index (κ1) is 19.5. The first-order chi connectivity index (χ1) is 15.2. The SMILES string of the molecule is O=C(OC(=O)c1ccccc1Oc1ccnnn1)c1ccccc1Oc1ccnnn1. The minimum absolute atomic E-state index is 0.0212. The van der Waals surface area contributed by atoms with Crippen LogP contribution in [0.15, 0.2) is 73.1 Å². The van der Waals surface area contributed by atoms with Gasteiger partial charge in [-0.2, -0.15) is 0 Å². The third-order valence-electron chi connectivity index (χ3n) is 3.79. The molecule has 11 heteroatoms. The summed E-state index contributed by atoms with van der Waals surface area (Å²) in [5, 5.41) is 21.4. The van der Waals surface area contributed by atoms with Crippen molar-refractivity contribution in [3.05, 3.63) is 84.2 Å². The Kier molecular flexibility index (Phi) is 5.75. The summed E-state index contributed by atoms with van der Waals surface area (Å²) in [7, 11) is 0. The van der Waals surface area contributed by atoms with E-state index in [-0.39, 0.29) is 34.4 Å². The van der Waals surface area contributed by atoms with Crippen LogP contribution in [-0.2, 0) is 4.74 Å². The van der Waals surface area contributed by atoms with Crippen LogP contribution in [0.25, 0.3) is 0 Å². The van der Waals surface area contributed by atoms with Gasteiger partial charge in [-0.3, -0.25) is 0 Å². The maximum Gasteiger partial charge on any atom is 0.349 e. The highest BCUT2D eigenvalue weighted by molar-refractivity contribution is 6.05. The first-order valence-electron chi connectivity index (χ1n) is 8.80. The number of hydrogen-bond acceptors (Lipinski definition) is 11. The molecule has 4 aromatic rings. The third-order valence-corrected chi connectivity index (χ3v) is 3.79. The molecule has 4 rings (SSSR count). The van der Waals surface area contributed by atoms with E-state index in [0.29, 0.717) is 0 Å². The average Bonchev–Trinajstić information content (AvgIpc) is 2.81. The van der Waals surface area contributed by atoms with Crippen molar-refractivity contribution in [3.8, 4) is 23.3 Å². The second-order valence-electron chi connectivity index (χ2n) is 5.79. The van der Waals surface area contributed by atoms with Gasteiger partial charge in [0.2, 0.25) is 11.8 Å². The molecular weight excluding hydrogens is 404 g/mol. The molecule has 0 saturated carbocycles. The van der Waals surface area contributed by atoms with Crippen LogP contribution in [0.5, 0.6) is 23.3 Å². The molecule has 0 amide bonds. The quantitative estimate of drug-likeness (QED) is 0.338. The number of hydrogen-bond donors (Lipinski definition) is 0. The lowest BCUT2D eigenvalue weighted by Crippen LogP contribution is -2.14. The molecule has 2 aromatic heterocycles. The number of ether oxygens (including phenoxy) is 3. The molecule has 0 bridgehead atoms. The Labute approximate surface area is 174 Å². The molecule has 0 atom stereocenters. The molecule has 0 aliphatic heterocycles. The van der Waals surface area contributed by atoms with Gasteiger partial charge in [-0.1, -0.05) is 34.5 Å². The fourth-order valence-electron chi connectivity index (χ4n) is 2.44. The lowest BCUT2D eigenvalue weighted by Gasteiger charge is -2.11. The van der Waals surface area contributed by atoms with Crippen molar-refractivity contribution in [3.63, 3.8) is 0 Å². The smallest absolute Gasteiger partial charge is 0.349 e. The highest BCUT2D eigenvalue weighted by atomic mass is 16.6. The van der Waals surface area contributed by atoms with Crippen molar-refractivity contribution in [2.75, 3.05) is 0 Å². The Morgan fingerprint density at radius 2 is 1.06 bits per heavy atom. The Balaban J connectivity index is 1.53. The van der Waals surface area contributed by atoms with Gasteiger partial charge in [0.25, 0.3) is 0 Å². The molecule has 0 fully saturated rings. The van der Waals surface area contributed by atoms with Crippen molar-refractivity contribution in [2.24, 2.45) is 0 Å². The zero-order valence-corrected chi connectivity index (χ0v) is 15.7. The summed E-state index contributed by atoms with van der Waals surface area (Å²) >= 11 is 0. The standard InChI is InChI=1S/C20H12N6O5/c27-19(13-5-1-3-7-15(13)29-17-9-11-21-25-23-17)31-20(28)14-6-2-4-8-16(14)30-18-10-12-22-26-24-18/h1-12H. The summed E-state index contributed by atoms with van der Waals surface area (Å²) in [4.78, 5) is 25.3. The van der Waals surface area contributed by atoms with E-state index >= 15 is 0 Å². The van der Waals surface area contributed by atoms with E-state index in [1.165, 1.54) is 48.8 Å². The number of nitrogens with zero attached hydrogens (tertiary/aromatic N) is 6. The lowest BCUT2D eigenvalue weighted by molar-refractivity contribution is 0.0395. The summed E-state index contributed by atoms with van der Waals surface area (Å²) in [6.45, 7) is 0. The van der Waals surface area contributed by atoms with Gasteiger partial charge in [-0.25, -0.2) is 9.59 Å². The van der Waals surface area contributed by atoms with Crippen molar-refractivity contribution < 1.29 is 23.8 Å². The molecule has 0 saturated heterocycles. The minimum Gasteiger partial charge on any atom is -0.436 e. The largest absolute Gasteiger partial charge is 0.436 e. The first-order valence-corrected chi connectivity index (χ1v) is 8.80. The van der Waals surface area contributed by atoms with Crippen LogP contribution in [0.2, 0.25) is 0 Å². The van der Waals surface area contributed by atoms with Gasteiger partial charge in [0, 0.05) is 12.1 Å². The van der Waals surface area contributed by atoms with Crippen LogP contribution in [-0.4, -0.2) is 42.8 Å². The molecule has 0 unspecified atom stereocenters. The highest BCUT2D eigenvalue weighted by Gasteiger charge is 2.22. The number of para-hydroxylation sites is 2. The zero-order valence-electron chi connectivity index (χ0n) is 15.7. The molecular formula is C20H12N6O5. The summed E-state index contributed by atoms with van der Waals surface area (Å²) < 4.78 is 16.1.